The van der Waals surface area contributed by atoms with Crippen LogP contribution in [0.4, 0.5) is 8.78 Å². The summed E-state index contributed by atoms with van der Waals surface area (Å²) in [5, 5.41) is 10.1. The van der Waals surface area contributed by atoms with Crippen LogP contribution in [0.15, 0.2) is 48.5 Å². The fraction of sp³-hybridized carbons (Fsp3) is 0.481. The number of hydrogen-bond donors (Lipinski definition) is 0. The fourth-order valence-electron chi connectivity index (χ4n) is 4.15. The molecule has 0 N–H and O–H groups in total. The van der Waals surface area contributed by atoms with Gasteiger partial charge in [-0.15, -0.1) is 0 Å². The molecule has 0 aromatic heterocycles. The van der Waals surface area contributed by atoms with Gasteiger partial charge in [-0.2, -0.15) is 14.0 Å². The number of carbonyl (C=O) groups excluding carboxylic acids is 1. The van der Waals surface area contributed by atoms with Gasteiger partial charge in [0.15, 0.2) is 11.5 Å². The van der Waals surface area contributed by atoms with Crippen LogP contribution in [0.5, 0.6) is 17.2 Å². The van der Waals surface area contributed by atoms with Gasteiger partial charge in [0.05, 0.1) is 37.8 Å². The second kappa shape index (κ2) is 13.6. The average Bonchev–Trinajstić information content (AvgIpc) is 2.88. The molecule has 0 saturated carbocycles. The van der Waals surface area contributed by atoms with Crippen molar-refractivity contribution in [1.82, 2.24) is 4.90 Å². The van der Waals surface area contributed by atoms with Crippen LogP contribution in [0.1, 0.15) is 38.2 Å². The summed E-state index contributed by atoms with van der Waals surface area (Å²) in [7, 11) is 0. The zero-order chi connectivity index (χ0) is 25.8. The first kappa shape index (κ1) is 27.2. The molecule has 1 aliphatic rings. The molecule has 0 amide bonds. The highest BCUT2D eigenvalue weighted by molar-refractivity contribution is 5.71. The zero-order valence-electron chi connectivity index (χ0n) is 20.5. The molecule has 3 rings (SSSR count). The topological polar surface area (TPSA) is 81.0 Å². The molecule has 0 radical (unpaired) electrons. The normalized spacial score (nSPS) is 15.2. The highest BCUT2D eigenvalue weighted by Gasteiger charge is 2.37. The Morgan fingerprint density at radius 1 is 1.06 bits per heavy atom. The zero-order valence-corrected chi connectivity index (χ0v) is 20.5. The average molecular weight is 503 g/mol. The molecule has 2 aromatic carbocycles. The van der Waals surface area contributed by atoms with E-state index in [1.54, 1.807) is 19.1 Å². The Hall–Kier alpha value is -3.38. The predicted octanol–water partition coefficient (Wildman–Crippen LogP) is 4.95. The van der Waals surface area contributed by atoms with Crippen molar-refractivity contribution in [2.45, 2.75) is 44.6 Å². The van der Waals surface area contributed by atoms with E-state index in [9.17, 15) is 18.8 Å². The molecule has 1 aliphatic heterocycles. The summed E-state index contributed by atoms with van der Waals surface area (Å²) in [5.74, 6) is 0.608. The lowest BCUT2D eigenvalue weighted by Crippen LogP contribution is -2.44. The monoisotopic (exact) mass is 502 g/mol. The largest absolute Gasteiger partial charge is 0.494 e. The lowest BCUT2D eigenvalue weighted by molar-refractivity contribution is -0.144. The van der Waals surface area contributed by atoms with Crippen LogP contribution >= 0.6 is 0 Å². The molecule has 7 nitrogen and oxygen atoms in total. The smallest absolute Gasteiger partial charge is 0.387 e. The second-order valence-corrected chi connectivity index (χ2v) is 8.53. The number of ether oxygens (including phenoxy) is 4. The third kappa shape index (κ3) is 7.82. The molecule has 0 aliphatic carbocycles. The minimum absolute atomic E-state index is 0.0675. The van der Waals surface area contributed by atoms with Gasteiger partial charge in [-0.05, 0) is 62.4 Å². The van der Waals surface area contributed by atoms with Crippen molar-refractivity contribution in [2.24, 2.45) is 0 Å². The molecular weight excluding hydrogens is 470 g/mol. The van der Waals surface area contributed by atoms with Crippen molar-refractivity contribution < 1.29 is 32.5 Å². The van der Waals surface area contributed by atoms with Gasteiger partial charge in [0.2, 0.25) is 0 Å². The summed E-state index contributed by atoms with van der Waals surface area (Å²) in [5.41, 5.74) is -0.124. The van der Waals surface area contributed by atoms with Crippen molar-refractivity contribution in [3.63, 3.8) is 0 Å². The minimum Gasteiger partial charge on any atom is -0.494 e. The summed E-state index contributed by atoms with van der Waals surface area (Å²) in [6, 6.07) is 16.6. The van der Waals surface area contributed by atoms with Crippen LogP contribution < -0.4 is 14.2 Å². The molecule has 0 bridgehead atoms. The van der Waals surface area contributed by atoms with Crippen LogP contribution in [0, 0.1) is 11.3 Å². The van der Waals surface area contributed by atoms with E-state index in [1.165, 1.54) is 6.07 Å². The summed E-state index contributed by atoms with van der Waals surface area (Å²) < 4.78 is 47.1. The number of carbonyl (C=O) groups is 1. The van der Waals surface area contributed by atoms with Gasteiger partial charge in [-0.1, -0.05) is 24.3 Å². The maximum atomic E-state index is 13.0. The van der Waals surface area contributed by atoms with Crippen LogP contribution in [0.2, 0.25) is 0 Å². The number of nitriles is 1. The van der Waals surface area contributed by atoms with Crippen molar-refractivity contribution in [3.8, 4) is 23.3 Å². The molecule has 2 aromatic rings. The highest BCUT2D eigenvalue weighted by atomic mass is 19.3. The number of alkyl halides is 2. The molecule has 194 valence electrons. The van der Waals surface area contributed by atoms with E-state index < -0.39 is 12.0 Å². The first-order valence-electron chi connectivity index (χ1n) is 12.1. The van der Waals surface area contributed by atoms with Gasteiger partial charge in [0.25, 0.3) is 0 Å². The Bertz CT molecular complexity index is 1000. The number of para-hydroxylation sites is 1. The molecule has 36 heavy (non-hydrogen) atoms. The van der Waals surface area contributed by atoms with E-state index in [-0.39, 0.29) is 30.6 Å². The van der Waals surface area contributed by atoms with E-state index in [1.807, 2.05) is 35.2 Å². The first-order valence-corrected chi connectivity index (χ1v) is 12.1. The van der Waals surface area contributed by atoms with Crippen molar-refractivity contribution >= 4 is 5.97 Å². The Labute approximate surface area is 210 Å². The number of hydrogen-bond acceptors (Lipinski definition) is 7. The lowest BCUT2D eigenvalue weighted by atomic mass is 9.74. The van der Waals surface area contributed by atoms with Gasteiger partial charge in [-0.3, -0.25) is 9.69 Å². The van der Waals surface area contributed by atoms with E-state index in [2.05, 4.69) is 10.8 Å². The fourth-order valence-corrected chi connectivity index (χ4v) is 4.15. The predicted molar refractivity (Wildman–Crippen MR) is 129 cm³/mol. The van der Waals surface area contributed by atoms with Crippen molar-refractivity contribution in [2.75, 3.05) is 39.5 Å². The molecular formula is C27H32F2N2O5. The van der Waals surface area contributed by atoms with E-state index in [0.717, 1.165) is 12.2 Å². The molecule has 1 saturated heterocycles. The Morgan fingerprint density at radius 3 is 2.39 bits per heavy atom. The van der Waals surface area contributed by atoms with Crippen LogP contribution in [-0.2, 0) is 14.9 Å². The van der Waals surface area contributed by atoms with Crippen LogP contribution in [0.3, 0.4) is 0 Å². The molecule has 1 fully saturated rings. The number of rotatable bonds is 13. The SMILES string of the molecule is CCOC(=O)CN1CCC(C#N)(c2ccc(OC(F)F)c(OCCCCOc3ccccc3)c2)CC1. The standard InChI is InChI=1S/C27H32F2N2O5/c1-2-33-25(32)19-31-14-12-27(20-30,13-15-31)21-10-11-23(36-26(28)29)24(18-21)35-17-7-6-16-34-22-8-4-3-5-9-22/h3-5,8-11,18,26H,2,6-7,12-17,19H2,1H3. The summed E-state index contributed by atoms with van der Waals surface area (Å²) in [4.78, 5) is 13.7. The van der Waals surface area contributed by atoms with Crippen molar-refractivity contribution in [1.29, 1.82) is 5.26 Å². The Balaban J connectivity index is 1.60. The summed E-state index contributed by atoms with van der Waals surface area (Å²) in [6.45, 7) is 1.14. The number of likely N-dealkylation sites (tertiary alicyclic amines) is 1. The Morgan fingerprint density at radius 2 is 1.75 bits per heavy atom. The first-order chi connectivity index (χ1) is 17.5. The third-order valence-corrected chi connectivity index (χ3v) is 6.10. The second-order valence-electron chi connectivity index (χ2n) is 8.53. The maximum absolute atomic E-state index is 13.0. The van der Waals surface area contributed by atoms with Crippen molar-refractivity contribution in [3.05, 3.63) is 54.1 Å². The third-order valence-electron chi connectivity index (χ3n) is 6.10. The van der Waals surface area contributed by atoms with Gasteiger partial charge in [-0.25, -0.2) is 0 Å². The van der Waals surface area contributed by atoms with E-state index in [4.69, 9.17) is 14.2 Å². The number of piperidine rings is 1. The minimum atomic E-state index is -2.99. The van der Waals surface area contributed by atoms with Crippen LogP contribution in [-0.4, -0.2) is 56.9 Å². The van der Waals surface area contributed by atoms with Gasteiger partial charge >= 0.3 is 12.6 Å². The number of benzene rings is 2. The summed E-state index contributed by atoms with van der Waals surface area (Å²) >= 11 is 0. The summed E-state index contributed by atoms with van der Waals surface area (Å²) in [6.07, 6.45) is 2.36. The molecule has 1 heterocycles. The number of nitrogens with zero attached hydrogens (tertiary/aromatic N) is 2. The lowest BCUT2D eigenvalue weighted by Gasteiger charge is -2.37. The van der Waals surface area contributed by atoms with Gasteiger partial charge < -0.3 is 18.9 Å². The molecule has 0 spiro atoms. The molecule has 0 unspecified atom stereocenters. The molecule has 0 atom stereocenters. The quantitative estimate of drug-likeness (QED) is 0.283. The number of esters is 1. The highest BCUT2D eigenvalue weighted by Crippen LogP contribution is 2.40. The number of unbranched alkanes of at least 4 members (excludes halogenated alkanes) is 1. The number of halogens is 2. The maximum Gasteiger partial charge on any atom is 0.387 e. The van der Waals surface area contributed by atoms with Crippen LogP contribution in [0.25, 0.3) is 0 Å². The van der Waals surface area contributed by atoms with Gasteiger partial charge in [0, 0.05) is 13.1 Å². The van der Waals surface area contributed by atoms with E-state index in [0.29, 0.717) is 51.1 Å². The molecule has 9 heteroatoms. The Kier molecular flexibility index (Phi) is 10.3. The van der Waals surface area contributed by atoms with Gasteiger partial charge in [0.1, 0.15) is 5.75 Å². The van der Waals surface area contributed by atoms with E-state index >= 15 is 0 Å².